The van der Waals surface area contributed by atoms with Crippen molar-refractivity contribution in [3.05, 3.63) is 35.8 Å². The number of carboxylic acid groups (broad SMARTS) is 1. The molecule has 0 aromatic heterocycles. The van der Waals surface area contributed by atoms with E-state index < -0.39 is 5.97 Å². The van der Waals surface area contributed by atoms with Crippen LogP contribution in [-0.4, -0.2) is 11.1 Å². The lowest BCUT2D eigenvalue weighted by Crippen LogP contribution is -1.98. The third-order valence-corrected chi connectivity index (χ3v) is 1.66. The molecule has 0 radical (unpaired) electrons. The van der Waals surface area contributed by atoms with Crippen LogP contribution in [0, 0.1) is 11.3 Å². The van der Waals surface area contributed by atoms with Crippen molar-refractivity contribution in [2.75, 3.05) is 0 Å². The van der Waals surface area contributed by atoms with E-state index in [9.17, 15) is 4.79 Å². The van der Waals surface area contributed by atoms with Crippen molar-refractivity contribution < 1.29 is 14.6 Å². The minimum absolute atomic E-state index is 0.0716. The van der Waals surface area contributed by atoms with Gasteiger partial charge in [0.25, 0.3) is 0 Å². The lowest BCUT2D eigenvalue weighted by molar-refractivity contribution is -0.132. The maximum absolute atomic E-state index is 10.5. The summed E-state index contributed by atoms with van der Waals surface area (Å²) in [7, 11) is 0. The van der Waals surface area contributed by atoms with Crippen LogP contribution in [0.4, 0.5) is 0 Å². The van der Waals surface area contributed by atoms with Crippen molar-refractivity contribution in [2.45, 2.75) is 20.3 Å². The quantitative estimate of drug-likeness (QED) is 0.325. The number of allylic oxidation sites excluding steroid dienone is 3. The normalized spacial score (nSPS) is 12.5. The van der Waals surface area contributed by atoms with Gasteiger partial charge in [-0.05, 0) is 13.0 Å². The number of hydrogen-bond donors (Lipinski definition) is 1. The zero-order chi connectivity index (χ0) is 11.8. The molecule has 80 valence electrons. The van der Waals surface area contributed by atoms with Crippen molar-refractivity contribution >= 4 is 5.97 Å². The highest BCUT2D eigenvalue weighted by Gasteiger charge is 2.04. The van der Waals surface area contributed by atoms with Gasteiger partial charge in [0, 0.05) is 6.42 Å². The molecule has 15 heavy (non-hydrogen) atoms. The Morgan fingerprint density at radius 2 is 2.27 bits per heavy atom. The van der Waals surface area contributed by atoms with Gasteiger partial charge >= 0.3 is 5.97 Å². The fraction of sp³-hybridized carbons (Fsp3) is 0.273. The summed E-state index contributed by atoms with van der Waals surface area (Å²) in [6.45, 7) is 6.68. The third-order valence-electron chi connectivity index (χ3n) is 1.66. The summed E-state index contributed by atoms with van der Waals surface area (Å²) >= 11 is 0. The molecule has 4 nitrogen and oxygen atoms in total. The molecule has 0 bridgehead atoms. The highest BCUT2D eigenvalue weighted by atomic mass is 16.5. The minimum atomic E-state index is -1.05. The first-order chi connectivity index (χ1) is 7.06. The number of aliphatic carboxylic acids is 1. The fourth-order valence-electron chi connectivity index (χ4n) is 0.769. The van der Waals surface area contributed by atoms with Gasteiger partial charge in [-0.25, -0.2) is 4.79 Å². The molecule has 0 spiro atoms. The van der Waals surface area contributed by atoms with E-state index in [1.54, 1.807) is 6.92 Å². The molecular formula is C11H13NO3. The van der Waals surface area contributed by atoms with E-state index in [0.717, 1.165) is 6.26 Å². The zero-order valence-corrected chi connectivity index (χ0v) is 8.78. The molecule has 4 heteroatoms. The molecule has 0 unspecified atom stereocenters. The van der Waals surface area contributed by atoms with Crippen LogP contribution in [0.15, 0.2) is 35.8 Å². The van der Waals surface area contributed by atoms with Crippen molar-refractivity contribution in [1.29, 1.82) is 5.26 Å². The predicted octanol–water partition coefficient (Wildman–Crippen LogP) is 2.37. The smallest absolute Gasteiger partial charge is 0.334 e. The van der Waals surface area contributed by atoms with Gasteiger partial charge in [-0.3, -0.25) is 0 Å². The number of hydrogen-bond acceptors (Lipinski definition) is 3. The van der Waals surface area contributed by atoms with Crippen molar-refractivity contribution in [1.82, 2.24) is 0 Å². The van der Waals surface area contributed by atoms with E-state index in [1.165, 1.54) is 13.0 Å². The highest BCUT2D eigenvalue weighted by Crippen LogP contribution is 2.12. The Morgan fingerprint density at radius 3 is 2.60 bits per heavy atom. The Kier molecular flexibility index (Phi) is 5.57. The van der Waals surface area contributed by atoms with Crippen LogP contribution in [0.1, 0.15) is 20.3 Å². The Labute approximate surface area is 88.8 Å². The summed E-state index contributed by atoms with van der Waals surface area (Å²) in [5, 5.41) is 17.3. The average molecular weight is 207 g/mol. The molecule has 0 atom stereocenters. The van der Waals surface area contributed by atoms with Crippen LogP contribution in [0.3, 0.4) is 0 Å². The highest BCUT2D eigenvalue weighted by molar-refractivity contribution is 5.85. The molecule has 1 N–H and O–H groups in total. The Hall–Kier alpha value is -2.02. The summed E-state index contributed by atoms with van der Waals surface area (Å²) in [6, 6.07) is 1.92. The van der Waals surface area contributed by atoms with E-state index in [2.05, 4.69) is 6.58 Å². The largest absolute Gasteiger partial charge is 0.478 e. The molecule has 0 aromatic rings. The summed E-state index contributed by atoms with van der Waals surface area (Å²) < 4.78 is 5.10. The molecule has 0 aliphatic carbocycles. The van der Waals surface area contributed by atoms with Crippen molar-refractivity contribution in [3.8, 4) is 6.07 Å². The fourth-order valence-corrected chi connectivity index (χ4v) is 0.769. The van der Waals surface area contributed by atoms with E-state index >= 15 is 0 Å². The van der Waals surface area contributed by atoms with Crippen molar-refractivity contribution in [2.24, 2.45) is 0 Å². The third kappa shape index (κ3) is 4.14. The SMILES string of the molecule is C=CC(C#N)=C(CC)OC=C(C)C(=O)O. The second kappa shape index (κ2) is 6.44. The molecule has 0 aliphatic heterocycles. The minimum Gasteiger partial charge on any atom is -0.478 e. The number of carbonyl (C=O) groups is 1. The Bertz CT molecular complexity index is 359. The maximum Gasteiger partial charge on any atom is 0.334 e. The number of nitriles is 1. The van der Waals surface area contributed by atoms with Crippen LogP contribution >= 0.6 is 0 Å². The average Bonchev–Trinajstić information content (AvgIpc) is 2.23. The van der Waals surface area contributed by atoms with E-state index in [4.69, 9.17) is 15.1 Å². The second-order valence-corrected chi connectivity index (χ2v) is 2.73. The molecule has 0 amide bonds. The summed E-state index contributed by atoms with van der Waals surface area (Å²) in [5.41, 5.74) is 0.384. The van der Waals surface area contributed by atoms with E-state index in [-0.39, 0.29) is 5.57 Å². The summed E-state index contributed by atoms with van der Waals surface area (Å²) in [4.78, 5) is 10.5. The van der Waals surface area contributed by atoms with Crippen LogP contribution in [0.25, 0.3) is 0 Å². The van der Waals surface area contributed by atoms with Gasteiger partial charge in [0.15, 0.2) is 0 Å². The van der Waals surface area contributed by atoms with Gasteiger partial charge in [-0.15, -0.1) is 0 Å². The Morgan fingerprint density at radius 1 is 1.67 bits per heavy atom. The van der Waals surface area contributed by atoms with Crippen LogP contribution in [0.2, 0.25) is 0 Å². The standard InChI is InChI=1S/C11H13NO3/c1-4-9(6-12)10(5-2)15-7-8(3)11(13)14/h4,7H,1,5H2,2-3H3,(H,13,14). The lowest BCUT2D eigenvalue weighted by Gasteiger charge is -2.04. The molecular weight excluding hydrogens is 194 g/mol. The van der Waals surface area contributed by atoms with Gasteiger partial charge in [-0.2, -0.15) is 5.26 Å². The molecule has 0 saturated heterocycles. The Balaban J connectivity index is 4.85. The van der Waals surface area contributed by atoms with E-state index in [1.807, 2.05) is 6.07 Å². The van der Waals surface area contributed by atoms with E-state index in [0.29, 0.717) is 17.8 Å². The van der Waals surface area contributed by atoms with Crippen LogP contribution in [0.5, 0.6) is 0 Å². The lowest BCUT2D eigenvalue weighted by atomic mass is 10.2. The molecule has 0 rings (SSSR count). The van der Waals surface area contributed by atoms with Gasteiger partial charge in [0.05, 0.1) is 11.1 Å². The summed E-state index contributed by atoms with van der Waals surface area (Å²) in [6.07, 6.45) is 2.99. The van der Waals surface area contributed by atoms with Gasteiger partial charge in [0.1, 0.15) is 18.1 Å². The van der Waals surface area contributed by atoms with Gasteiger partial charge in [-0.1, -0.05) is 13.5 Å². The first kappa shape index (κ1) is 13.0. The van der Waals surface area contributed by atoms with Gasteiger partial charge < -0.3 is 9.84 Å². The topological polar surface area (TPSA) is 70.3 Å². The van der Waals surface area contributed by atoms with Crippen molar-refractivity contribution in [3.63, 3.8) is 0 Å². The van der Waals surface area contributed by atoms with Crippen LogP contribution in [-0.2, 0) is 9.53 Å². The maximum atomic E-state index is 10.5. The first-order valence-corrected chi connectivity index (χ1v) is 4.39. The molecule has 0 aliphatic rings. The molecule has 0 fully saturated rings. The molecule has 0 heterocycles. The number of carboxylic acids is 1. The second-order valence-electron chi connectivity index (χ2n) is 2.73. The predicted molar refractivity (Wildman–Crippen MR) is 55.6 cm³/mol. The van der Waals surface area contributed by atoms with Crippen LogP contribution < -0.4 is 0 Å². The number of rotatable bonds is 5. The molecule has 0 aromatic carbocycles. The van der Waals surface area contributed by atoms with Gasteiger partial charge in [0.2, 0.25) is 0 Å². The monoisotopic (exact) mass is 207 g/mol. The molecule has 0 saturated carbocycles. The number of nitrogens with zero attached hydrogens (tertiary/aromatic N) is 1. The summed E-state index contributed by atoms with van der Waals surface area (Å²) in [5.74, 6) is -0.643. The number of ether oxygens (including phenoxy) is 1. The first-order valence-electron chi connectivity index (χ1n) is 4.39. The zero-order valence-electron chi connectivity index (χ0n) is 8.78.